The minimum Gasteiger partial charge on any atom is -0.268 e. The van der Waals surface area contributed by atoms with Gasteiger partial charge in [0.2, 0.25) is 0 Å². The molecule has 5 nitrogen and oxygen atoms in total. The van der Waals surface area contributed by atoms with Crippen LogP contribution in [0.2, 0.25) is 0 Å². The molecule has 0 amide bonds. The Balaban J connectivity index is 1.93. The molecule has 2 heterocycles. The van der Waals surface area contributed by atoms with E-state index in [-0.39, 0.29) is 5.56 Å². The van der Waals surface area contributed by atoms with Gasteiger partial charge in [0.15, 0.2) is 0 Å². The van der Waals surface area contributed by atoms with Crippen LogP contribution in [0, 0.1) is 0 Å². The van der Waals surface area contributed by atoms with Crippen LogP contribution in [0.3, 0.4) is 0 Å². The summed E-state index contributed by atoms with van der Waals surface area (Å²) in [5.74, 6) is 0. The van der Waals surface area contributed by atoms with Gasteiger partial charge in [-0.15, -0.1) is 0 Å². The first-order valence-corrected chi connectivity index (χ1v) is 6.76. The molecule has 0 atom stereocenters. The van der Waals surface area contributed by atoms with E-state index in [9.17, 15) is 4.79 Å². The minimum absolute atomic E-state index is 0.0733. The Kier molecular flexibility index (Phi) is 3.08. The number of benzene rings is 1. The summed E-state index contributed by atoms with van der Waals surface area (Å²) in [4.78, 5) is 11.9. The normalized spacial score (nSPS) is 11.0. The molecule has 3 aromatic rings. The predicted molar refractivity (Wildman–Crippen MR) is 74.4 cm³/mol. The first-order chi connectivity index (χ1) is 9.26. The van der Waals surface area contributed by atoms with Crippen molar-refractivity contribution < 1.29 is 0 Å². The van der Waals surface area contributed by atoms with Crippen LogP contribution in [0.25, 0.3) is 11.0 Å². The van der Waals surface area contributed by atoms with Crippen LogP contribution < -0.4 is 5.56 Å². The van der Waals surface area contributed by atoms with Gasteiger partial charge in [0.05, 0.1) is 24.5 Å². The van der Waals surface area contributed by atoms with Crippen LogP contribution in [0.4, 0.5) is 0 Å². The molecule has 3 rings (SSSR count). The topological polar surface area (TPSA) is 60.7 Å². The number of hydrogen-bond donors (Lipinski definition) is 0. The highest BCUT2D eigenvalue weighted by atomic mass is 32.1. The van der Waals surface area contributed by atoms with Crippen molar-refractivity contribution in [3.63, 3.8) is 0 Å². The van der Waals surface area contributed by atoms with Gasteiger partial charge in [-0.3, -0.25) is 4.79 Å². The van der Waals surface area contributed by atoms with Gasteiger partial charge in [-0.25, -0.2) is 4.68 Å². The first kappa shape index (κ1) is 12.0. The van der Waals surface area contributed by atoms with E-state index in [1.165, 1.54) is 16.4 Å². The highest BCUT2D eigenvalue weighted by molar-refractivity contribution is 7.00. The van der Waals surface area contributed by atoms with Gasteiger partial charge in [-0.2, -0.15) is 13.8 Å². The second-order valence-electron chi connectivity index (χ2n) is 4.30. The Labute approximate surface area is 113 Å². The Morgan fingerprint density at radius 2 is 2.00 bits per heavy atom. The van der Waals surface area contributed by atoms with E-state index in [1.54, 1.807) is 12.3 Å². The molecule has 0 saturated heterocycles. The molecule has 0 aliphatic heterocycles. The summed E-state index contributed by atoms with van der Waals surface area (Å²) in [5.41, 5.74) is 3.63. The summed E-state index contributed by atoms with van der Waals surface area (Å²) in [6, 6.07) is 7.45. The molecule has 0 aliphatic rings. The summed E-state index contributed by atoms with van der Waals surface area (Å²) in [6.45, 7) is 2.46. The summed E-state index contributed by atoms with van der Waals surface area (Å²) in [5, 5.41) is 4.18. The summed E-state index contributed by atoms with van der Waals surface area (Å²) >= 11 is 1.19. The zero-order valence-corrected chi connectivity index (χ0v) is 11.2. The molecule has 0 saturated carbocycles. The summed E-state index contributed by atoms with van der Waals surface area (Å²) in [6.07, 6.45) is 2.56. The molecular formula is C13H12N4OS. The van der Waals surface area contributed by atoms with Crippen LogP contribution >= 0.6 is 11.7 Å². The SMILES string of the molecule is CCc1cnn(Cc2ccc3nsnc3c2)c(=O)c1. The third-order valence-corrected chi connectivity index (χ3v) is 3.54. The van der Waals surface area contributed by atoms with Gasteiger partial charge in [0.25, 0.3) is 5.56 Å². The fraction of sp³-hybridized carbons (Fsp3) is 0.231. The Bertz CT molecular complexity index is 777. The zero-order valence-electron chi connectivity index (χ0n) is 10.4. The van der Waals surface area contributed by atoms with E-state index in [0.29, 0.717) is 6.54 Å². The van der Waals surface area contributed by atoms with Gasteiger partial charge in [0.1, 0.15) is 11.0 Å². The molecule has 0 N–H and O–H groups in total. The van der Waals surface area contributed by atoms with E-state index >= 15 is 0 Å². The quantitative estimate of drug-likeness (QED) is 0.730. The van der Waals surface area contributed by atoms with Crippen molar-refractivity contribution in [1.29, 1.82) is 0 Å². The maximum Gasteiger partial charge on any atom is 0.267 e. The highest BCUT2D eigenvalue weighted by Gasteiger charge is 2.03. The standard InChI is InChI=1S/C13H12N4OS/c1-2-9-6-13(18)17(14-7-9)8-10-3-4-11-12(5-10)16-19-15-11/h3-7H,2,8H2,1H3. The van der Waals surface area contributed by atoms with E-state index in [2.05, 4.69) is 13.8 Å². The number of nitrogens with zero attached hydrogens (tertiary/aromatic N) is 4. The molecule has 1 aromatic carbocycles. The molecule has 0 fully saturated rings. The van der Waals surface area contributed by atoms with Crippen molar-refractivity contribution in [1.82, 2.24) is 18.5 Å². The van der Waals surface area contributed by atoms with Crippen molar-refractivity contribution in [2.45, 2.75) is 19.9 Å². The smallest absolute Gasteiger partial charge is 0.267 e. The van der Waals surface area contributed by atoms with Gasteiger partial charge >= 0.3 is 0 Å². The van der Waals surface area contributed by atoms with Crippen LogP contribution in [0.1, 0.15) is 18.1 Å². The van der Waals surface area contributed by atoms with Gasteiger partial charge < -0.3 is 0 Å². The van der Waals surface area contributed by atoms with Crippen molar-refractivity contribution in [2.75, 3.05) is 0 Å². The van der Waals surface area contributed by atoms with Crippen LogP contribution in [0.5, 0.6) is 0 Å². The molecular weight excluding hydrogens is 260 g/mol. The molecule has 0 radical (unpaired) electrons. The lowest BCUT2D eigenvalue weighted by Crippen LogP contribution is -2.23. The fourth-order valence-corrected chi connectivity index (χ4v) is 2.40. The van der Waals surface area contributed by atoms with Gasteiger partial charge in [-0.1, -0.05) is 13.0 Å². The van der Waals surface area contributed by atoms with Crippen molar-refractivity contribution in [2.24, 2.45) is 0 Å². The molecule has 0 aliphatic carbocycles. The van der Waals surface area contributed by atoms with Crippen molar-refractivity contribution in [3.8, 4) is 0 Å². The van der Waals surface area contributed by atoms with Crippen LogP contribution in [-0.4, -0.2) is 18.5 Å². The molecule has 0 unspecified atom stereocenters. The second-order valence-corrected chi connectivity index (χ2v) is 4.83. The molecule has 2 aromatic heterocycles. The number of fused-ring (bicyclic) bond motifs is 1. The largest absolute Gasteiger partial charge is 0.268 e. The zero-order chi connectivity index (χ0) is 13.2. The molecule has 6 heteroatoms. The predicted octanol–water partition coefficient (Wildman–Crippen LogP) is 1.86. The van der Waals surface area contributed by atoms with E-state index in [4.69, 9.17) is 0 Å². The molecule has 19 heavy (non-hydrogen) atoms. The first-order valence-electron chi connectivity index (χ1n) is 6.03. The lowest BCUT2D eigenvalue weighted by Gasteiger charge is -2.05. The average molecular weight is 272 g/mol. The van der Waals surface area contributed by atoms with Crippen molar-refractivity contribution >= 4 is 22.8 Å². The number of rotatable bonds is 3. The minimum atomic E-state index is -0.0733. The monoisotopic (exact) mass is 272 g/mol. The third-order valence-electron chi connectivity index (χ3n) is 2.98. The lowest BCUT2D eigenvalue weighted by atomic mass is 10.2. The van der Waals surface area contributed by atoms with Gasteiger partial charge in [-0.05, 0) is 29.7 Å². The molecule has 0 bridgehead atoms. The fourth-order valence-electron chi connectivity index (χ4n) is 1.88. The number of aromatic nitrogens is 4. The summed E-state index contributed by atoms with van der Waals surface area (Å²) < 4.78 is 9.81. The van der Waals surface area contributed by atoms with Crippen LogP contribution in [-0.2, 0) is 13.0 Å². The van der Waals surface area contributed by atoms with E-state index in [0.717, 1.165) is 28.6 Å². The Hall–Kier alpha value is -2.08. The van der Waals surface area contributed by atoms with E-state index < -0.39 is 0 Å². The number of aryl methyl sites for hydroxylation is 1. The Morgan fingerprint density at radius 1 is 1.16 bits per heavy atom. The third kappa shape index (κ3) is 2.39. The second kappa shape index (κ2) is 4.89. The van der Waals surface area contributed by atoms with Gasteiger partial charge in [0, 0.05) is 6.07 Å². The number of hydrogen-bond acceptors (Lipinski definition) is 5. The Morgan fingerprint density at radius 3 is 2.79 bits per heavy atom. The lowest BCUT2D eigenvalue weighted by molar-refractivity contribution is 0.634. The highest BCUT2D eigenvalue weighted by Crippen LogP contribution is 2.13. The molecule has 0 spiro atoms. The van der Waals surface area contributed by atoms with Crippen molar-refractivity contribution in [3.05, 3.63) is 51.9 Å². The van der Waals surface area contributed by atoms with Crippen LogP contribution in [0.15, 0.2) is 35.3 Å². The average Bonchev–Trinajstić information content (AvgIpc) is 2.88. The van der Waals surface area contributed by atoms with E-state index in [1.807, 2.05) is 25.1 Å². The maximum absolute atomic E-state index is 11.9. The summed E-state index contributed by atoms with van der Waals surface area (Å²) in [7, 11) is 0. The molecule has 96 valence electrons. The maximum atomic E-state index is 11.9.